The number of aliphatic hydroxyl groups excluding tert-OH is 1. The molecule has 4 N–H and O–H groups in total. The third-order valence-electron chi connectivity index (χ3n) is 10.3. The minimum absolute atomic E-state index is 0.0469. The number of rotatable bonds is 4. The van der Waals surface area contributed by atoms with Gasteiger partial charge in [-0.3, -0.25) is 28.7 Å². The lowest BCUT2D eigenvalue weighted by Crippen LogP contribution is -2.57. The Labute approximate surface area is 286 Å². The predicted molar refractivity (Wildman–Crippen MR) is 179 cm³/mol. The van der Waals surface area contributed by atoms with Gasteiger partial charge in [-0.1, -0.05) is 12.1 Å². The molecule has 0 aliphatic carbocycles. The number of hydrogen-bond donors (Lipinski definition) is 4. The molecule has 1 aromatic heterocycles. The van der Waals surface area contributed by atoms with Crippen LogP contribution in [0.25, 0.3) is 0 Å². The van der Waals surface area contributed by atoms with Crippen molar-refractivity contribution in [2.45, 2.75) is 90.9 Å². The van der Waals surface area contributed by atoms with Gasteiger partial charge in [0.1, 0.15) is 23.9 Å². The normalized spacial score (nSPS) is 23.8. The Kier molecular flexibility index (Phi) is 11.3. The van der Waals surface area contributed by atoms with Crippen LogP contribution in [0.4, 0.5) is 0 Å². The number of aromatic nitrogens is 2. The van der Waals surface area contributed by atoms with Crippen molar-refractivity contribution in [2.24, 2.45) is 5.41 Å². The van der Waals surface area contributed by atoms with E-state index in [0.717, 1.165) is 22.5 Å². The summed E-state index contributed by atoms with van der Waals surface area (Å²) in [6.45, 7) is 8.74. The lowest BCUT2D eigenvalue weighted by atomic mass is 9.73. The monoisotopic (exact) mass is 679 g/mol. The molecule has 2 saturated heterocycles. The molecule has 49 heavy (non-hydrogen) atoms. The Hall–Kier alpha value is -4.46. The fraction of sp³-hybridized carbons (Fsp3) is 0.600. The lowest BCUT2D eigenvalue weighted by Gasteiger charge is -2.42. The first-order valence-corrected chi connectivity index (χ1v) is 17.2. The highest BCUT2D eigenvalue weighted by atomic mass is 16.5. The quantitative estimate of drug-likeness (QED) is 0.362. The van der Waals surface area contributed by atoms with Crippen LogP contribution in [0.1, 0.15) is 61.5 Å². The molecular weight excluding hydrogens is 630 g/mol. The molecule has 2 fully saturated rings. The summed E-state index contributed by atoms with van der Waals surface area (Å²) >= 11 is 0. The number of amides is 5. The van der Waals surface area contributed by atoms with Gasteiger partial charge in [-0.15, -0.1) is 0 Å². The molecular formula is C35H49N7O7. The van der Waals surface area contributed by atoms with Gasteiger partial charge in [0.25, 0.3) is 5.91 Å². The van der Waals surface area contributed by atoms with Crippen LogP contribution in [-0.4, -0.2) is 112 Å². The van der Waals surface area contributed by atoms with E-state index in [1.807, 2.05) is 48.6 Å². The van der Waals surface area contributed by atoms with Crippen LogP contribution in [0.3, 0.4) is 0 Å². The molecule has 0 saturated carbocycles. The number of hydrogen-bond acceptors (Lipinski definition) is 8. The van der Waals surface area contributed by atoms with Crippen molar-refractivity contribution in [1.29, 1.82) is 0 Å². The molecule has 2 aromatic rings. The average molecular weight is 680 g/mol. The number of carbonyl (C=O) groups is 5. The summed E-state index contributed by atoms with van der Waals surface area (Å²) in [5.41, 5.74) is 3.63. The SMILES string of the molecule is Cc1nn(CCC(=O)N2CCC3(CC2)CNC(=O)[C@H](CO)NC(=O)[C@@H]2CCCN2C(=O)[C@H](C)NC(=O)COc2cccc(c2)C3)c(C)c1C. The molecule has 3 aliphatic heterocycles. The number of likely N-dealkylation sites (tertiary alicyclic amines) is 1. The maximum Gasteiger partial charge on any atom is 0.258 e. The van der Waals surface area contributed by atoms with Crippen molar-refractivity contribution in [3.05, 3.63) is 46.8 Å². The smallest absolute Gasteiger partial charge is 0.258 e. The number of carbonyl (C=O) groups excluding carboxylic acids is 5. The number of benzene rings is 1. The summed E-state index contributed by atoms with van der Waals surface area (Å²) in [5, 5.41) is 23.0. The molecule has 1 spiro atoms. The number of ether oxygens (including phenoxy) is 1. The van der Waals surface area contributed by atoms with Crippen LogP contribution < -0.4 is 20.7 Å². The van der Waals surface area contributed by atoms with Crippen molar-refractivity contribution in [2.75, 3.05) is 39.4 Å². The summed E-state index contributed by atoms with van der Waals surface area (Å²) in [5.74, 6) is -1.41. The number of nitrogens with one attached hydrogen (secondary N) is 3. The molecule has 0 unspecified atom stereocenters. The van der Waals surface area contributed by atoms with E-state index in [0.29, 0.717) is 70.5 Å². The second-order valence-electron chi connectivity index (χ2n) is 13.7. The Morgan fingerprint density at radius 1 is 1.06 bits per heavy atom. The van der Waals surface area contributed by atoms with Gasteiger partial charge in [0.05, 0.1) is 12.3 Å². The number of piperidine rings is 1. The Morgan fingerprint density at radius 3 is 2.51 bits per heavy atom. The van der Waals surface area contributed by atoms with Gasteiger partial charge in [-0.2, -0.15) is 5.10 Å². The van der Waals surface area contributed by atoms with E-state index in [4.69, 9.17) is 4.74 Å². The number of aryl methyl sites for hydroxylation is 2. The number of nitrogens with zero attached hydrogens (tertiary/aromatic N) is 4. The van der Waals surface area contributed by atoms with Gasteiger partial charge in [-0.25, -0.2) is 0 Å². The van der Waals surface area contributed by atoms with E-state index < -0.39 is 53.8 Å². The fourth-order valence-electron chi connectivity index (χ4n) is 7.09. The Balaban J connectivity index is 1.33. The van der Waals surface area contributed by atoms with Crippen molar-refractivity contribution < 1.29 is 33.8 Å². The zero-order valence-corrected chi connectivity index (χ0v) is 28.9. The van der Waals surface area contributed by atoms with Crippen molar-refractivity contribution in [3.8, 4) is 5.75 Å². The fourth-order valence-corrected chi connectivity index (χ4v) is 7.09. The molecule has 1 aromatic carbocycles. The Bertz CT molecular complexity index is 1570. The van der Waals surface area contributed by atoms with Gasteiger partial charge < -0.3 is 35.6 Å². The standard InChI is InChI=1S/C35H49N7O7/c1-22-23(2)39-42(25(22)4)14-10-31(45)40-15-11-35(12-16-40)18-26-7-5-8-27(17-26)49-20-30(44)37-24(3)34(48)41-13-6-9-29(41)33(47)38-28(19-43)32(46)36-21-35/h5,7-8,17,24,28-29,43H,6,9-16,18-21H2,1-4H3,(H,36,46)(H,37,44)(H,38,47)/t24-,28-,29-/m0/s1. The maximum atomic E-state index is 13.4. The van der Waals surface area contributed by atoms with Gasteiger partial charge in [0.15, 0.2) is 6.61 Å². The summed E-state index contributed by atoms with van der Waals surface area (Å²) in [6, 6.07) is 4.48. The summed E-state index contributed by atoms with van der Waals surface area (Å²) in [4.78, 5) is 69.2. The summed E-state index contributed by atoms with van der Waals surface area (Å²) in [6.07, 6.45) is 3.10. The van der Waals surface area contributed by atoms with Gasteiger partial charge in [0, 0.05) is 44.8 Å². The van der Waals surface area contributed by atoms with E-state index in [2.05, 4.69) is 21.0 Å². The molecule has 14 nitrogen and oxygen atoms in total. The van der Waals surface area contributed by atoms with E-state index in [1.54, 1.807) is 13.0 Å². The van der Waals surface area contributed by atoms with Crippen molar-refractivity contribution in [3.63, 3.8) is 0 Å². The highest BCUT2D eigenvalue weighted by Crippen LogP contribution is 2.36. The van der Waals surface area contributed by atoms with Crippen molar-refractivity contribution in [1.82, 2.24) is 35.5 Å². The zero-order chi connectivity index (χ0) is 35.3. The molecule has 0 radical (unpaired) electrons. The third kappa shape index (κ3) is 8.41. The average Bonchev–Trinajstić information content (AvgIpc) is 3.68. The first kappa shape index (κ1) is 35.8. The predicted octanol–water partition coefficient (Wildman–Crippen LogP) is 0.531. The largest absolute Gasteiger partial charge is 0.484 e. The van der Waals surface area contributed by atoms with Crippen LogP contribution in [0, 0.1) is 26.2 Å². The molecule has 14 heteroatoms. The van der Waals surface area contributed by atoms with Crippen LogP contribution in [-0.2, 0) is 36.9 Å². The second kappa shape index (κ2) is 15.4. The zero-order valence-electron chi connectivity index (χ0n) is 28.9. The summed E-state index contributed by atoms with van der Waals surface area (Å²) < 4.78 is 7.69. The molecule has 3 atom stereocenters. The van der Waals surface area contributed by atoms with Gasteiger partial charge >= 0.3 is 0 Å². The van der Waals surface area contributed by atoms with E-state index in [1.165, 1.54) is 4.90 Å². The van der Waals surface area contributed by atoms with E-state index in [-0.39, 0.29) is 19.1 Å². The third-order valence-corrected chi connectivity index (χ3v) is 10.3. The maximum absolute atomic E-state index is 13.4. The summed E-state index contributed by atoms with van der Waals surface area (Å²) in [7, 11) is 0. The topological polar surface area (TPSA) is 175 Å². The minimum atomic E-state index is -1.21. The molecule has 5 amide bonds. The first-order chi connectivity index (χ1) is 23.4. The van der Waals surface area contributed by atoms with Crippen molar-refractivity contribution >= 4 is 29.5 Å². The molecule has 3 aliphatic rings. The molecule has 2 bridgehead atoms. The Morgan fingerprint density at radius 2 is 1.82 bits per heavy atom. The molecule has 4 heterocycles. The van der Waals surface area contributed by atoms with Crippen LogP contribution in [0.2, 0.25) is 0 Å². The van der Waals surface area contributed by atoms with Crippen LogP contribution in [0.5, 0.6) is 5.75 Å². The minimum Gasteiger partial charge on any atom is -0.484 e. The second-order valence-corrected chi connectivity index (χ2v) is 13.7. The highest BCUT2D eigenvalue weighted by molar-refractivity contribution is 5.94. The first-order valence-electron chi connectivity index (χ1n) is 17.2. The van der Waals surface area contributed by atoms with Gasteiger partial charge in [0.2, 0.25) is 23.6 Å². The van der Waals surface area contributed by atoms with E-state index >= 15 is 0 Å². The highest BCUT2D eigenvalue weighted by Gasteiger charge is 2.40. The molecule has 5 rings (SSSR count). The lowest BCUT2D eigenvalue weighted by molar-refractivity contribution is -0.142. The van der Waals surface area contributed by atoms with Crippen LogP contribution >= 0.6 is 0 Å². The number of fused-ring (bicyclic) bond motifs is 3. The molecule has 266 valence electrons. The van der Waals surface area contributed by atoms with Crippen LogP contribution in [0.15, 0.2) is 24.3 Å². The van der Waals surface area contributed by atoms with Gasteiger partial charge in [-0.05, 0) is 88.5 Å². The number of aliphatic hydroxyl groups is 1. The van der Waals surface area contributed by atoms with E-state index in [9.17, 15) is 29.1 Å².